The van der Waals surface area contributed by atoms with Gasteiger partial charge in [-0.1, -0.05) is 12.1 Å². The van der Waals surface area contributed by atoms with Crippen LogP contribution >= 0.6 is 11.3 Å². The second-order valence-electron chi connectivity index (χ2n) is 6.09. The van der Waals surface area contributed by atoms with Crippen molar-refractivity contribution in [2.45, 2.75) is 38.8 Å². The number of ether oxygens (including phenoxy) is 1. The van der Waals surface area contributed by atoms with Gasteiger partial charge in [0.2, 0.25) is 0 Å². The summed E-state index contributed by atoms with van der Waals surface area (Å²) in [6, 6.07) is 10.4. The number of fused-ring (bicyclic) bond motifs is 3. The van der Waals surface area contributed by atoms with Crippen LogP contribution in [0.2, 0.25) is 0 Å². The van der Waals surface area contributed by atoms with E-state index in [1.165, 1.54) is 11.3 Å². The average molecular weight is 313 g/mol. The summed E-state index contributed by atoms with van der Waals surface area (Å²) < 4.78 is 5.79. The summed E-state index contributed by atoms with van der Waals surface area (Å²) in [4.78, 5) is 16.9. The minimum atomic E-state index is 0.184. The molecule has 4 heteroatoms. The highest BCUT2D eigenvalue weighted by molar-refractivity contribution is 7.17. The number of thiophene rings is 1. The first-order valence-electron chi connectivity index (χ1n) is 7.90. The normalized spacial score (nSPS) is 20.0. The van der Waals surface area contributed by atoms with Crippen molar-refractivity contribution < 1.29 is 9.53 Å². The third-order valence-electron chi connectivity index (χ3n) is 4.60. The standard InChI is InChI=1S/C18H19NO2S/c1-12-6-4-5-9-19(12)18(20)16-10-13-11-21-15-8-3-2-7-14(15)17(13)22-16/h2-3,7-8,10,12H,4-6,9,11H2,1H3. The second-order valence-corrected chi connectivity index (χ2v) is 7.15. The zero-order chi connectivity index (χ0) is 15.1. The van der Waals surface area contributed by atoms with Gasteiger partial charge in [0.15, 0.2) is 0 Å². The number of para-hydroxylation sites is 1. The first kappa shape index (κ1) is 13.8. The van der Waals surface area contributed by atoms with Gasteiger partial charge in [0.05, 0.1) is 4.88 Å². The third-order valence-corrected chi connectivity index (χ3v) is 5.80. The summed E-state index contributed by atoms with van der Waals surface area (Å²) in [5.74, 6) is 1.10. The van der Waals surface area contributed by atoms with Gasteiger partial charge in [-0.05, 0) is 44.4 Å². The second kappa shape index (κ2) is 5.43. The molecule has 0 spiro atoms. The number of benzene rings is 1. The number of carbonyl (C=O) groups is 1. The lowest BCUT2D eigenvalue weighted by molar-refractivity contribution is 0.0640. The first-order valence-corrected chi connectivity index (χ1v) is 8.71. The van der Waals surface area contributed by atoms with Crippen molar-refractivity contribution in [1.29, 1.82) is 0 Å². The maximum absolute atomic E-state index is 12.8. The number of carbonyl (C=O) groups excluding carboxylic acids is 1. The van der Waals surface area contributed by atoms with Gasteiger partial charge >= 0.3 is 0 Å². The lowest BCUT2D eigenvalue weighted by atomic mass is 10.0. The number of piperidine rings is 1. The molecular weight excluding hydrogens is 294 g/mol. The average Bonchev–Trinajstić information content (AvgIpc) is 2.99. The Morgan fingerprint density at radius 2 is 2.18 bits per heavy atom. The van der Waals surface area contributed by atoms with Gasteiger partial charge in [-0.25, -0.2) is 0 Å². The molecule has 1 aromatic carbocycles. The lowest BCUT2D eigenvalue weighted by Gasteiger charge is -2.33. The van der Waals surface area contributed by atoms with E-state index in [4.69, 9.17) is 4.74 Å². The molecule has 1 saturated heterocycles. The summed E-state index contributed by atoms with van der Waals surface area (Å²) in [6.07, 6.45) is 3.46. The van der Waals surface area contributed by atoms with Crippen LogP contribution in [0, 0.1) is 0 Å². The van der Waals surface area contributed by atoms with Gasteiger partial charge in [-0.3, -0.25) is 4.79 Å². The predicted octanol–water partition coefficient (Wildman–Crippen LogP) is 4.32. The quantitative estimate of drug-likeness (QED) is 0.784. The van der Waals surface area contributed by atoms with Crippen LogP contribution < -0.4 is 4.74 Å². The third kappa shape index (κ3) is 2.22. The van der Waals surface area contributed by atoms with Crippen LogP contribution in [0.3, 0.4) is 0 Å². The molecule has 4 rings (SSSR count). The number of amides is 1. The van der Waals surface area contributed by atoms with Gasteiger partial charge in [0.1, 0.15) is 12.4 Å². The summed E-state index contributed by atoms with van der Waals surface area (Å²) in [7, 11) is 0. The van der Waals surface area contributed by atoms with Crippen molar-refractivity contribution in [2.24, 2.45) is 0 Å². The SMILES string of the molecule is CC1CCCCN1C(=O)c1cc2c(s1)-c1ccccc1OC2. The highest BCUT2D eigenvalue weighted by Gasteiger charge is 2.28. The molecule has 3 nitrogen and oxygen atoms in total. The summed E-state index contributed by atoms with van der Waals surface area (Å²) in [5.41, 5.74) is 2.25. The molecule has 2 aromatic rings. The summed E-state index contributed by atoms with van der Waals surface area (Å²) >= 11 is 1.61. The van der Waals surface area contributed by atoms with Gasteiger partial charge < -0.3 is 9.64 Å². The van der Waals surface area contributed by atoms with E-state index in [0.717, 1.165) is 41.1 Å². The van der Waals surface area contributed by atoms with E-state index in [9.17, 15) is 4.79 Å². The Morgan fingerprint density at radius 3 is 3.05 bits per heavy atom. The van der Waals surface area contributed by atoms with Crippen LogP contribution in [0.15, 0.2) is 30.3 Å². The van der Waals surface area contributed by atoms with E-state index in [1.807, 2.05) is 29.2 Å². The molecule has 1 unspecified atom stereocenters. The van der Waals surface area contributed by atoms with Gasteiger partial charge in [-0.2, -0.15) is 0 Å². The van der Waals surface area contributed by atoms with E-state index in [0.29, 0.717) is 12.6 Å². The number of hydrogen-bond donors (Lipinski definition) is 0. The van der Waals surface area contributed by atoms with Gasteiger partial charge in [-0.15, -0.1) is 11.3 Å². The Balaban J connectivity index is 1.68. The molecule has 3 heterocycles. The lowest BCUT2D eigenvalue weighted by Crippen LogP contribution is -2.41. The molecule has 1 atom stereocenters. The van der Waals surface area contributed by atoms with E-state index < -0.39 is 0 Å². The topological polar surface area (TPSA) is 29.5 Å². The monoisotopic (exact) mass is 313 g/mol. The Labute approximate surface area is 134 Å². The van der Waals surface area contributed by atoms with Gasteiger partial charge in [0, 0.05) is 28.6 Å². The molecule has 0 saturated carbocycles. The molecule has 0 aliphatic carbocycles. The Morgan fingerprint density at radius 1 is 1.32 bits per heavy atom. The highest BCUT2D eigenvalue weighted by atomic mass is 32.1. The largest absolute Gasteiger partial charge is 0.488 e. The van der Waals surface area contributed by atoms with E-state index in [1.54, 1.807) is 11.3 Å². The predicted molar refractivity (Wildman–Crippen MR) is 88.4 cm³/mol. The molecular formula is C18H19NO2S. The van der Waals surface area contributed by atoms with Crippen molar-refractivity contribution in [1.82, 2.24) is 4.90 Å². The number of rotatable bonds is 1. The van der Waals surface area contributed by atoms with E-state index in [-0.39, 0.29) is 5.91 Å². The fourth-order valence-corrected chi connectivity index (χ4v) is 4.50. The molecule has 2 aliphatic rings. The molecule has 0 N–H and O–H groups in total. The summed E-state index contributed by atoms with van der Waals surface area (Å²) in [5, 5.41) is 0. The minimum absolute atomic E-state index is 0.184. The molecule has 0 radical (unpaired) electrons. The van der Waals surface area contributed by atoms with E-state index in [2.05, 4.69) is 13.0 Å². The smallest absolute Gasteiger partial charge is 0.264 e. The summed E-state index contributed by atoms with van der Waals surface area (Å²) in [6.45, 7) is 3.60. The van der Waals surface area contributed by atoms with Crippen molar-refractivity contribution in [3.63, 3.8) is 0 Å². The Kier molecular flexibility index (Phi) is 3.41. The Hall–Kier alpha value is -1.81. The van der Waals surface area contributed by atoms with Crippen LogP contribution in [-0.4, -0.2) is 23.4 Å². The molecule has 114 valence electrons. The van der Waals surface area contributed by atoms with Crippen LogP contribution in [0.1, 0.15) is 41.4 Å². The highest BCUT2D eigenvalue weighted by Crippen LogP contribution is 2.42. The number of hydrogen-bond acceptors (Lipinski definition) is 3. The molecule has 1 fully saturated rings. The zero-order valence-electron chi connectivity index (χ0n) is 12.7. The molecule has 22 heavy (non-hydrogen) atoms. The zero-order valence-corrected chi connectivity index (χ0v) is 13.5. The minimum Gasteiger partial charge on any atom is -0.488 e. The van der Waals surface area contributed by atoms with E-state index >= 15 is 0 Å². The van der Waals surface area contributed by atoms with Gasteiger partial charge in [0.25, 0.3) is 5.91 Å². The Bertz CT molecular complexity index is 722. The maximum Gasteiger partial charge on any atom is 0.264 e. The molecule has 0 bridgehead atoms. The van der Waals surface area contributed by atoms with Crippen molar-refractivity contribution >= 4 is 17.2 Å². The van der Waals surface area contributed by atoms with Crippen molar-refractivity contribution in [3.8, 4) is 16.2 Å². The van der Waals surface area contributed by atoms with Crippen LogP contribution in [0.25, 0.3) is 10.4 Å². The van der Waals surface area contributed by atoms with Crippen LogP contribution in [-0.2, 0) is 6.61 Å². The molecule has 2 aliphatic heterocycles. The van der Waals surface area contributed by atoms with Crippen molar-refractivity contribution in [2.75, 3.05) is 6.54 Å². The van der Waals surface area contributed by atoms with Crippen molar-refractivity contribution in [3.05, 3.63) is 40.8 Å². The molecule has 1 aromatic heterocycles. The fourth-order valence-electron chi connectivity index (χ4n) is 3.35. The number of nitrogens with zero attached hydrogens (tertiary/aromatic N) is 1. The van der Waals surface area contributed by atoms with Crippen LogP contribution in [0.5, 0.6) is 5.75 Å². The number of likely N-dealkylation sites (tertiary alicyclic amines) is 1. The molecule has 1 amide bonds. The fraction of sp³-hybridized carbons (Fsp3) is 0.389. The van der Waals surface area contributed by atoms with Crippen LogP contribution in [0.4, 0.5) is 0 Å². The maximum atomic E-state index is 12.8. The first-order chi connectivity index (χ1) is 10.7.